The molecule has 1 unspecified atom stereocenters. The van der Waals surface area contributed by atoms with E-state index >= 15 is 0 Å². The molecule has 0 aliphatic carbocycles. The Labute approximate surface area is 477 Å². The maximum atomic E-state index is 12.9. The van der Waals surface area contributed by atoms with Crippen LogP contribution in [0, 0.1) is 0 Å². The molecule has 0 bridgehead atoms. The molecule has 442 valence electrons. The molecule has 0 amide bonds. The van der Waals surface area contributed by atoms with Crippen LogP contribution < -0.4 is 0 Å². The van der Waals surface area contributed by atoms with E-state index in [1.165, 1.54) is 135 Å². The molecule has 0 aliphatic heterocycles. The summed E-state index contributed by atoms with van der Waals surface area (Å²) in [5.41, 5.74) is 0. The lowest BCUT2D eigenvalue weighted by atomic mass is 10.0. The normalized spacial score (nSPS) is 12.7. The van der Waals surface area contributed by atoms with Crippen LogP contribution in [0.5, 0.6) is 0 Å². The molecule has 6 nitrogen and oxygen atoms in total. The molecule has 0 saturated heterocycles. The lowest BCUT2D eigenvalue weighted by Gasteiger charge is -2.18. The molecule has 0 rings (SSSR count). The van der Waals surface area contributed by atoms with Crippen LogP contribution in [0.3, 0.4) is 0 Å². The Balaban J connectivity index is 4.24. The van der Waals surface area contributed by atoms with Crippen LogP contribution in [0.2, 0.25) is 0 Å². The molecular weight excluding hydrogens is 949 g/mol. The summed E-state index contributed by atoms with van der Waals surface area (Å²) < 4.78 is 16.9. The Morgan fingerprint density at radius 2 is 0.506 bits per heavy atom. The summed E-state index contributed by atoms with van der Waals surface area (Å²) in [6.45, 7) is 6.40. The van der Waals surface area contributed by atoms with E-state index in [-0.39, 0.29) is 31.1 Å². The second kappa shape index (κ2) is 64.9. The van der Waals surface area contributed by atoms with Crippen molar-refractivity contribution in [3.05, 3.63) is 97.2 Å². The molecule has 0 heterocycles. The van der Waals surface area contributed by atoms with Crippen molar-refractivity contribution in [3.8, 4) is 0 Å². The first kappa shape index (κ1) is 73.3. The minimum Gasteiger partial charge on any atom is -0.462 e. The lowest BCUT2D eigenvalue weighted by molar-refractivity contribution is -0.167. The zero-order valence-electron chi connectivity index (χ0n) is 50.7. The maximum absolute atomic E-state index is 12.9. The number of hydrogen-bond acceptors (Lipinski definition) is 6. The Hall–Kier alpha value is -3.67. The highest BCUT2D eigenvalue weighted by atomic mass is 16.6. The van der Waals surface area contributed by atoms with Crippen molar-refractivity contribution in [2.75, 3.05) is 13.2 Å². The summed E-state index contributed by atoms with van der Waals surface area (Å²) in [5, 5.41) is 0. The first-order valence-electron chi connectivity index (χ1n) is 32.7. The second-order valence-electron chi connectivity index (χ2n) is 21.6. The van der Waals surface area contributed by atoms with Crippen LogP contribution in [0.15, 0.2) is 97.2 Å². The maximum Gasteiger partial charge on any atom is 0.306 e. The number of unbranched alkanes of at least 4 members (excludes halogenated alkanes) is 32. The largest absolute Gasteiger partial charge is 0.462 e. The summed E-state index contributed by atoms with van der Waals surface area (Å²) in [5.74, 6) is -0.914. The van der Waals surface area contributed by atoms with E-state index in [0.717, 1.165) is 141 Å². The molecule has 0 aromatic heterocycles. The number of carbonyl (C=O) groups excluding carboxylic acids is 3. The Kier molecular flexibility index (Phi) is 61.8. The predicted molar refractivity (Wildman–Crippen MR) is 334 cm³/mol. The van der Waals surface area contributed by atoms with Crippen molar-refractivity contribution in [2.45, 2.75) is 322 Å². The number of esters is 3. The van der Waals surface area contributed by atoms with Gasteiger partial charge in [0.2, 0.25) is 0 Å². The van der Waals surface area contributed by atoms with Gasteiger partial charge in [-0.1, -0.05) is 279 Å². The topological polar surface area (TPSA) is 78.9 Å². The van der Waals surface area contributed by atoms with Gasteiger partial charge in [-0.05, 0) is 116 Å². The fourth-order valence-corrected chi connectivity index (χ4v) is 9.21. The highest BCUT2D eigenvalue weighted by Crippen LogP contribution is 2.17. The number of rotatable bonds is 59. The number of carbonyl (C=O) groups is 3. The molecule has 0 saturated carbocycles. The monoisotopic (exact) mass is 1070 g/mol. The van der Waals surface area contributed by atoms with E-state index < -0.39 is 6.10 Å². The van der Waals surface area contributed by atoms with Crippen molar-refractivity contribution in [3.63, 3.8) is 0 Å². The summed E-state index contributed by atoms with van der Waals surface area (Å²) in [6.07, 6.45) is 87.2. The Morgan fingerprint density at radius 1 is 0.273 bits per heavy atom. The molecule has 0 aromatic rings. The van der Waals surface area contributed by atoms with Crippen LogP contribution >= 0.6 is 0 Å². The predicted octanol–water partition coefficient (Wildman–Crippen LogP) is 22.4. The zero-order chi connectivity index (χ0) is 55.7. The minimum atomic E-state index is -0.795. The number of allylic oxidation sites excluding steroid dienone is 16. The van der Waals surface area contributed by atoms with Crippen LogP contribution in [0.25, 0.3) is 0 Å². The van der Waals surface area contributed by atoms with Gasteiger partial charge >= 0.3 is 17.9 Å². The van der Waals surface area contributed by atoms with E-state index in [2.05, 4.69) is 118 Å². The van der Waals surface area contributed by atoms with Crippen molar-refractivity contribution >= 4 is 17.9 Å². The van der Waals surface area contributed by atoms with Gasteiger partial charge in [-0.25, -0.2) is 0 Å². The summed E-state index contributed by atoms with van der Waals surface area (Å²) in [7, 11) is 0. The molecule has 0 aliphatic rings. The molecule has 1 atom stereocenters. The van der Waals surface area contributed by atoms with Crippen molar-refractivity contribution in [2.24, 2.45) is 0 Å². The van der Waals surface area contributed by atoms with Gasteiger partial charge < -0.3 is 14.2 Å². The van der Waals surface area contributed by atoms with Crippen LogP contribution in [0.4, 0.5) is 0 Å². The molecule has 0 aromatic carbocycles. The first-order valence-corrected chi connectivity index (χ1v) is 32.7. The third-order valence-corrected chi connectivity index (χ3v) is 14.1. The first-order chi connectivity index (χ1) is 38.0. The number of hydrogen-bond donors (Lipinski definition) is 0. The third-order valence-electron chi connectivity index (χ3n) is 14.1. The fraction of sp³-hybridized carbons (Fsp3) is 0.732. The van der Waals surface area contributed by atoms with E-state index in [1.807, 2.05) is 0 Å². The zero-order valence-corrected chi connectivity index (χ0v) is 50.7. The van der Waals surface area contributed by atoms with Gasteiger partial charge in [0.15, 0.2) is 6.10 Å². The van der Waals surface area contributed by atoms with Gasteiger partial charge in [0, 0.05) is 19.3 Å². The van der Waals surface area contributed by atoms with Crippen molar-refractivity contribution in [1.82, 2.24) is 0 Å². The van der Waals surface area contributed by atoms with E-state index in [9.17, 15) is 14.4 Å². The fourth-order valence-electron chi connectivity index (χ4n) is 9.21. The SMILES string of the molecule is CC/C=C\C/C=C\C/C=C\CCCCCCCC(=O)OCC(COC(=O)CCCCCCCCCCCCCCCCCCC/C=C\C/C=C\CCCCCCC)OC(=O)CCCCCCC/C=C\C/C=C\C/C=C\CC. The molecule has 0 fully saturated rings. The standard InChI is InChI=1S/C71H122O6/c1-4-7-10-13-16-19-22-25-28-29-30-31-32-33-34-35-36-37-38-39-40-41-44-46-49-52-55-58-61-64-70(73)76-67-68(77-71(74)65-62-59-56-53-50-47-43-27-24-21-18-15-12-9-6-3)66-75-69(72)63-60-57-54-51-48-45-42-26-23-20-17-14-11-8-5-2/h8-9,11-12,17-18,20-22,25-27,29-30,42-43,68H,4-7,10,13-16,19,23-24,28,31-41,44-67H2,1-3H3/b11-8-,12-9-,20-17-,21-18-,25-22-,30-29-,42-26-,43-27-. The quantitative estimate of drug-likeness (QED) is 0.0261. The van der Waals surface area contributed by atoms with Gasteiger partial charge in [-0.2, -0.15) is 0 Å². The molecular formula is C71H122O6. The average Bonchev–Trinajstić information content (AvgIpc) is 3.43. The molecule has 6 heteroatoms. The van der Waals surface area contributed by atoms with E-state index in [1.54, 1.807) is 0 Å². The highest BCUT2D eigenvalue weighted by molar-refractivity contribution is 5.71. The van der Waals surface area contributed by atoms with Gasteiger partial charge in [0.05, 0.1) is 0 Å². The van der Waals surface area contributed by atoms with Crippen molar-refractivity contribution < 1.29 is 28.6 Å². The third kappa shape index (κ3) is 63.0. The summed E-state index contributed by atoms with van der Waals surface area (Å²) >= 11 is 0. The Bertz CT molecular complexity index is 1510. The van der Waals surface area contributed by atoms with Crippen LogP contribution in [0.1, 0.15) is 316 Å². The molecule has 77 heavy (non-hydrogen) atoms. The minimum absolute atomic E-state index is 0.0889. The lowest BCUT2D eigenvalue weighted by Crippen LogP contribution is -2.30. The number of ether oxygens (including phenoxy) is 3. The molecule has 0 N–H and O–H groups in total. The van der Waals surface area contributed by atoms with Crippen molar-refractivity contribution in [1.29, 1.82) is 0 Å². The van der Waals surface area contributed by atoms with E-state index in [0.29, 0.717) is 19.3 Å². The summed E-state index contributed by atoms with van der Waals surface area (Å²) in [4.78, 5) is 38.3. The van der Waals surface area contributed by atoms with Crippen LogP contribution in [-0.2, 0) is 28.6 Å². The Morgan fingerprint density at radius 3 is 0.792 bits per heavy atom. The smallest absolute Gasteiger partial charge is 0.306 e. The second-order valence-corrected chi connectivity index (χ2v) is 21.6. The van der Waals surface area contributed by atoms with Gasteiger partial charge in [-0.15, -0.1) is 0 Å². The van der Waals surface area contributed by atoms with Gasteiger partial charge in [-0.3, -0.25) is 14.4 Å². The van der Waals surface area contributed by atoms with Crippen LogP contribution in [-0.4, -0.2) is 37.2 Å². The molecule has 0 radical (unpaired) electrons. The van der Waals surface area contributed by atoms with E-state index in [4.69, 9.17) is 14.2 Å². The van der Waals surface area contributed by atoms with Gasteiger partial charge in [0.25, 0.3) is 0 Å². The summed E-state index contributed by atoms with van der Waals surface area (Å²) in [6, 6.07) is 0. The average molecular weight is 1070 g/mol. The van der Waals surface area contributed by atoms with Gasteiger partial charge in [0.1, 0.15) is 13.2 Å². The highest BCUT2D eigenvalue weighted by Gasteiger charge is 2.19. The molecule has 0 spiro atoms.